The molecule has 0 aliphatic rings. The van der Waals surface area contributed by atoms with Gasteiger partial charge in [-0.25, -0.2) is 0 Å². The molecule has 0 aliphatic heterocycles. The summed E-state index contributed by atoms with van der Waals surface area (Å²) in [5.41, 5.74) is 7.48. The molecule has 0 aliphatic carbocycles. The first-order valence-electron chi connectivity index (χ1n) is 3.28. The molecule has 1 nitrogen and oxygen atoms in total. The zero-order valence-electron chi connectivity index (χ0n) is 6.04. The minimum Gasteiger partial charge on any atom is -0.402 e. The van der Waals surface area contributed by atoms with Crippen LogP contribution in [0.2, 0.25) is 0 Å². The average Bonchev–Trinajstić information content (AvgIpc) is 1.88. The molecule has 0 heterocycles. The van der Waals surface area contributed by atoms with Gasteiger partial charge in [0.15, 0.2) is 0 Å². The average molecular weight is 133 g/mol. The van der Waals surface area contributed by atoms with Gasteiger partial charge in [-0.1, -0.05) is 30.3 Å². The molecule has 52 valence electrons. The molecule has 1 aromatic carbocycles. The Hall–Kier alpha value is -1.24. The summed E-state index contributed by atoms with van der Waals surface area (Å²) in [5, 5.41) is 0. The van der Waals surface area contributed by atoms with E-state index >= 15 is 0 Å². The molecule has 0 atom stereocenters. The van der Waals surface area contributed by atoms with Crippen LogP contribution in [-0.2, 0) is 0 Å². The lowest BCUT2D eigenvalue weighted by Gasteiger charge is -1.91. The molecule has 1 rings (SSSR count). The van der Waals surface area contributed by atoms with E-state index in [4.69, 9.17) is 5.73 Å². The fraction of sp³-hybridized carbons (Fsp3) is 0.111. The van der Waals surface area contributed by atoms with Crippen molar-refractivity contribution in [3.8, 4) is 0 Å². The first-order valence-corrected chi connectivity index (χ1v) is 3.28. The Morgan fingerprint density at radius 3 is 2.40 bits per heavy atom. The topological polar surface area (TPSA) is 26.0 Å². The third kappa shape index (κ3) is 1.94. The van der Waals surface area contributed by atoms with Crippen LogP contribution in [-0.4, -0.2) is 0 Å². The summed E-state index contributed by atoms with van der Waals surface area (Å²) in [6, 6.07) is 10.0. The highest BCUT2D eigenvalue weighted by atomic mass is 14.5. The fourth-order valence-electron chi connectivity index (χ4n) is 0.812. The van der Waals surface area contributed by atoms with Gasteiger partial charge in [0.1, 0.15) is 0 Å². The van der Waals surface area contributed by atoms with Crippen molar-refractivity contribution in [2.45, 2.75) is 6.92 Å². The molecular formula is C9H11N. The van der Waals surface area contributed by atoms with Crippen LogP contribution >= 0.6 is 0 Å². The number of nitrogens with two attached hydrogens (primary N) is 1. The van der Waals surface area contributed by atoms with Crippen molar-refractivity contribution in [3.05, 3.63) is 41.6 Å². The molecule has 0 amide bonds. The van der Waals surface area contributed by atoms with E-state index in [0.717, 1.165) is 11.3 Å². The van der Waals surface area contributed by atoms with Crippen LogP contribution in [0.25, 0.3) is 6.08 Å². The number of hydrogen-bond acceptors (Lipinski definition) is 1. The predicted molar refractivity (Wildman–Crippen MR) is 44.3 cm³/mol. The second-order valence-corrected chi connectivity index (χ2v) is 2.30. The largest absolute Gasteiger partial charge is 0.402 e. The smallest absolute Gasteiger partial charge is 0.00548 e. The molecule has 0 radical (unpaired) electrons. The summed E-state index contributed by atoms with van der Waals surface area (Å²) in [6.45, 7) is 1.88. The van der Waals surface area contributed by atoms with Crippen molar-refractivity contribution < 1.29 is 0 Å². The van der Waals surface area contributed by atoms with Crippen LogP contribution in [0.15, 0.2) is 36.0 Å². The molecule has 2 N–H and O–H groups in total. The Balaban J connectivity index is 2.87. The van der Waals surface area contributed by atoms with E-state index in [1.165, 1.54) is 0 Å². The molecule has 0 saturated heterocycles. The van der Waals surface area contributed by atoms with Crippen molar-refractivity contribution in [3.63, 3.8) is 0 Å². The maximum atomic E-state index is 5.49. The first-order chi connectivity index (χ1) is 4.79. The second kappa shape index (κ2) is 3.06. The normalized spacial score (nSPS) is 11.5. The monoisotopic (exact) mass is 133 g/mol. The fourth-order valence-corrected chi connectivity index (χ4v) is 0.812. The Morgan fingerprint density at radius 2 is 1.90 bits per heavy atom. The van der Waals surface area contributed by atoms with Gasteiger partial charge in [0, 0.05) is 5.70 Å². The van der Waals surface area contributed by atoms with Gasteiger partial charge in [-0.05, 0) is 18.6 Å². The summed E-state index contributed by atoms with van der Waals surface area (Å²) >= 11 is 0. The van der Waals surface area contributed by atoms with Gasteiger partial charge in [-0.15, -0.1) is 0 Å². The van der Waals surface area contributed by atoms with Gasteiger partial charge < -0.3 is 5.73 Å². The van der Waals surface area contributed by atoms with Crippen LogP contribution in [0.1, 0.15) is 12.5 Å². The zero-order chi connectivity index (χ0) is 7.40. The Kier molecular flexibility index (Phi) is 2.11. The molecular weight excluding hydrogens is 122 g/mol. The van der Waals surface area contributed by atoms with Gasteiger partial charge >= 0.3 is 0 Å². The molecule has 10 heavy (non-hydrogen) atoms. The molecule has 0 aromatic heterocycles. The van der Waals surface area contributed by atoms with Crippen molar-refractivity contribution in [2.75, 3.05) is 0 Å². The standard InChI is InChI=1S/C9H11N/c1-8(10)7-9-5-3-2-4-6-9/h2-7H,10H2,1H3/b8-7-. The van der Waals surface area contributed by atoms with E-state index in [-0.39, 0.29) is 0 Å². The number of hydrogen-bond donors (Lipinski definition) is 1. The summed E-state index contributed by atoms with van der Waals surface area (Å²) in [5.74, 6) is 0. The highest BCUT2D eigenvalue weighted by Gasteiger charge is 1.82. The van der Waals surface area contributed by atoms with E-state index in [1.807, 2.05) is 43.3 Å². The van der Waals surface area contributed by atoms with Crippen molar-refractivity contribution in [1.82, 2.24) is 0 Å². The molecule has 0 saturated carbocycles. The second-order valence-electron chi connectivity index (χ2n) is 2.30. The van der Waals surface area contributed by atoms with Gasteiger partial charge in [0.25, 0.3) is 0 Å². The lowest BCUT2D eigenvalue weighted by molar-refractivity contribution is 1.34. The molecule has 0 fully saturated rings. The third-order valence-corrected chi connectivity index (χ3v) is 1.19. The highest BCUT2D eigenvalue weighted by Crippen LogP contribution is 2.01. The van der Waals surface area contributed by atoms with E-state index in [1.54, 1.807) is 0 Å². The van der Waals surface area contributed by atoms with Crippen LogP contribution in [0.3, 0.4) is 0 Å². The van der Waals surface area contributed by atoms with Crippen molar-refractivity contribution >= 4 is 6.08 Å². The SMILES string of the molecule is C/C(N)=C/c1ccccc1. The summed E-state index contributed by atoms with van der Waals surface area (Å²) in [6.07, 6.45) is 1.94. The Labute approximate surface area is 61.2 Å². The summed E-state index contributed by atoms with van der Waals surface area (Å²) in [7, 11) is 0. The van der Waals surface area contributed by atoms with Gasteiger partial charge in [0.05, 0.1) is 0 Å². The van der Waals surface area contributed by atoms with Crippen LogP contribution in [0, 0.1) is 0 Å². The minimum absolute atomic E-state index is 0.839. The molecule has 0 bridgehead atoms. The number of rotatable bonds is 1. The third-order valence-electron chi connectivity index (χ3n) is 1.19. The Morgan fingerprint density at radius 1 is 1.30 bits per heavy atom. The molecule has 0 unspecified atom stereocenters. The lowest BCUT2D eigenvalue weighted by atomic mass is 10.2. The van der Waals surface area contributed by atoms with Crippen molar-refractivity contribution in [1.29, 1.82) is 0 Å². The van der Waals surface area contributed by atoms with Crippen LogP contribution in [0.4, 0.5) is 0 Å². The minimum atomic E-state index is 0.839. The van der Waals surface area contributed by atoms with Crippen LogP contribution < -0.4 is 5.73 Å². The maximum absolute atomic E-state index is 5.49. The van der Waals surface area contributed by atoms with E-state index in [2.05, 4.69) is 0 Å². The summed E-state index contributed by atoms with van der Waals surface area (Å²) in [4.78, 5) is 0. The van der Waals surface area contributed by atoms with Crippen molar-refractivity contribution in [2.24, 2.45) is 5.73 Å². The van der Waals surface area contributed by atoms with Crippen LogP contribution in [0.5, 0.6) is 0 Å². The maximum Gasteiger partial charge on any atom is 0.00548 e. The molecule has 1 aromatic rings. The first kappa shape index (κ1) is 6.87. The predicted octanol–water partition coefficient (Wildman–Crippen LogP) is 2.01. The van der Waals surface area contributed by atoms with E-state index in [9.17, 15) is 0 Å². The van der Waals surface area contributed by atoms with Gasteiger partial charge in [-0.2, -0.15) is 0 Å². The summed E-state index contributed by atoms with van der Waals surface area (Å²) < 4.78 is 0. The Bertz CT molecular complexity index is 220. The molecule has 0 spiro atoms. The van der Waals surface area contributed by atoms with E-state index in [0.29, 0.717) is 0 Å². The highest BCUT2D eigenvalue weighted by molar-refractivity contribution is 5.50. The lowest BCUT2D eigenvalue weighted by Crippen LogP contribution is -1.88. The number of allylic oxidation sites excluding steroid dienone is 1. The quantitative estimate of drug-likeness (QED) is 0.623. The zero-order valence-corrected chi connectivity index (χ0v) is 6.04. The molecule has 1 heteroatoms. The van der Waals surface area contributed by atoms with Gasteiger partial charge in [-0.3, -0.25) is 0 Å². The van der Waals surface area contributed by atoms with Gasteiger partial charge in [0.2, 0.25) is 0 Å². The van der Waals surface area contributed by atoms with E-state index < -0.39 is 0 Å². The number of benzene rings is 1.